The maximum atomic E-state index is 11.9. The predicted octanol–water partition coefficient (Wildman–Crippen LogP) is 2.67. The van der Waals surface area contributed by atoms with E-state index in [0.717, 1.165) is 11.3 Å². The summed E-state index contributed by atoms with van der Waals surface area (Å²) in [4.78, 5) is 15.9. The molecule has 0 saturated carbocycles. The highest BCUT2D eigenvalue weighted by atomic mass is 35.5. The van der Waals surface area contributed by atoms with Crippen LogP contribution in [0.3, 0.4) is 0 Å². The summed E-state index contributed by atoms with van der Waals surface area (Å²) in [5.74, 6) is 0.468. The SMILES string of the molecule is COc1ccccc1CNC(=O)c1cc(Cl)ccn1. The quantitative estimate of drug-likeness (QED) is 0.934. The molecule has 19 heavy (non-hydrogen) atoms. The molecule has 5 heteroatoms. The lowest BCUT2D eigenvalue weighted by Gasteiger charge is -2.09. The molecule has 2 rings (SSSR count). The first-order chi connectivity index (χ1) is 9.20. The number of hydrogen-bond donors (Lipinski definition) is 1. The Kier molecular flexibility index (Phi) is 4.36. The molecule has 1 heterocycles. The number of carbonyl (C=O) groups is 1. The number of ether oxygens (including phenoxy) is 1. The van der Waals surface area contributed by atoms with Gasteiger partial charge in [0.25, 0.3) is 5.91 Å². The molecule has 0 aliphatic rings. The third-order valence-corrected chi connectivity index (χ3v) is 2.82. The molecule has 0 fully saturated rings. The molecular formula is C14H13ClN2O2. The molecule has 0 aliphatic heterocycles. The van der Waals surface area contributed by atoms with E-state index in [1.54, 1.807) is 13.2 Å². The van der Waals surface area contributed by atoms with Gasteiger partial charge in [0.05, 0.1) is 7.11 Å². The summed E-state index contributed by atoms with van der Waals surface area (Å²) in [5.41, 5.74) is 1.20. The summed E-state index contributed by atoms with van der Waals surface area (Å²) < 4.78 is 5.21. The predicted molar refractivity (Wildman–Crippen MR) is 73.4 cm³/mol. The van der Waals surface area contributed by atoms with Crippen LogP contribution in [-0.4, -0.2) is 18.0 Å². The molecule has 1 aromatic heterocycles. The van der Waals surface area contributed by atoms with Gasteiger partial charge in [0, 0.05) is 23.3 Å². The molecule has 1 N–H and O–H groups in total. The van der Waals surface area contributed by atoms with E-state index in [-0.39, 0.29) is 5.91 Å². The second kappa shape index (κ2) is 6.20. The number of hydrogen-bond acceptors (Lipinski definition) is 3. The normalized spacial score (nSPS) is 10.0. The van der Waals surface area contributed by atoms with Crippen LogP contribution < -0.4 is 10.1 Å². The van der Waals surface area contributed by atoms with E-state index >= 15 is 0 Å². The number of rotatable bonds is 4. The van der Waals surface area contributed by atoms with Gasteiger partial charge in [-0.3, -0.25) is 9.78 Å². The molecule has 0 spiro atoms. The van der Waals surface area contributed by atoms with Gasteiger partial charge in [0.1, 0.15) is 11.4 Å². The fourth-order valence-corrected chi connectivity index (χ4v) is 1.80. The van der Waals surface area contributed by atoms with E-state index in [0.29, 0.717) is 17.3 Å². The lowest BCUT2D eigenvalue weighted by Crippen LogP contribution is -2.23. The Bertz CT molecular complexity index is 587. The number of pyridine rings is 1. The molecule has 98 valence electrons. The summed E-state index contributed by atoms with van der Waals surface area (Å²) >= 11 is 5.81. The highest BCUT2D eigenvalue weighted by Crippen LogP contribution is 2.17. The van der Waals surface area contributed by atoms with Crippen molar-refractivity contribution in [2.24, 2.45) is 0 Å². The fraction of sp³-hybridized carbons (Fsp3) is 0.143. The topological polar surface area (TPSA) is 51.2 Å². The van der Waals surface area contributed by atoms with Crippen molar-refractivity contribution in [3.05, 3.63) is 58.9 Å². The average molecular weight is 277 g/mol. The van der Waals surface area contributed by atoms with Crippen molar-refractivity contribution in [2.45, 2.75) is 6.54 Å². The molecule has 0 bridgehead atoms. The number of nitrogens with zero attached hydrogens (tertiary/aromatic N) is 1. The smallest absolute Gasteiger partial charge is 0.270 e. The summed E-state index contributed by atoms with van der Waals surface area (Å²) in [6, 6.07) is 10.7. The molecule has 0 saturated heterocycles. The van der Waals surface area contributed by atoms with E-state index in [2.05, 4.69) is 10.3 Å². The number of carbonyl (C=O) groups excluding carboxylic acids is 1. The van der Waals surface area contributed by atoms with Crippen LogP contribution in [0.5, 0.6) is 5.75 Å². The number of aromatic nitrogens is 1. The average Bonchev–Trinajstić information content (AvgIpc) is 2.45. The minimum absolute atomic E-state index is 0.270. The number of nitrogens with one attached hydrogen (secondary N) is 1. The van der Waals surface area contributed by atoms with Gasteiger partial charge in [-0.05, 0) is 18.2 Å². The monoisotopic (exact) mass is 276 g/mol. The van der Waals surface area contributed by atoms with Crippen LogP contribution in [0.1, 0.15) is 16.1 Å². The minimum Gasteiger partial charge on any atom is -0.496 e. The summed E-state index contributed by atoms with van der Waals surface area (Å²) in [7, 11) is 1.60. The van der Waals surface area contributed by atoms with E-state index in [4.69, 9.17) is 16.3 Å². The molecule has 1 aromatic carbocycles. The number of halogens is 1. The second-order valence-electron chi connectivity index (χ2n) is 3.85. The van der Waals surface area contributed by atoms with Gasteiger partial charge in [-0.1, -0.05) is 29.8 Å². The summed E-state index contributed by atoms with van der Waals surface area (Å²) in [5, 5.41) is 3.26. The second-order valence-corrected chi connectivity index (χ2v) is 4.29. The van der Waals surface area contributed by atoms with Crippen LogP contribution in [0.2, 0.25) is 5.02 Å². The number of amides is 1. The van der Waals surface area contributed by atoms with Gasteiger partial charge in [-0.15, -0.1) is 0 Å². The third-order valence-electron chi connectivity index (χ3n) is 2.59. The van der Waals surface area contributed by atoms with Crippen molar-refractivity contribution in [3.63, 3.8) is 0 Å². The van der Waals surface area contributed by atoms with Gasteiger partial charge >= 0.3 is 0 Å². The van der Waals surface area contributed by atoms with Crippen molar-refractivity contribution in [3.8, 4) is 5.75 Å². The zero-order chi connectivity index (χ0) is 13.7. The molecule has 2 aromatic rings. The van der Waals surface area contributed by atoms with Gasteiger partial charge < -0.3 is 10.1 Å². The molecule has 0 aliphatic carbocycles. The zero-order valence-corrected chi connectivity index (χ0v) is 11.1. The van der Waals surface area contributed by atoms with Crippen LogP contribution in [0.4, 0.5) is 0 Å². The Hall–Kier alpha value is -2.07. The minimum atomic E-state index is -0.270. The van der Waals surface area contributed by atoms with E-state index in [9.17, 15) is 4.79 Å². The Morgan fingerprint density at radius 1 is 1.37 bits per heavy atom. The Balaban J connectivity index is 2.04. The molecule has 0 radical (unpaired) electrons. The van der Waals surface area contributed by atoms with E-state index < -0.39 is 0 Å². The standard InChI is InChI=1S/C14H13ClN2O2/c1-19-13-5-3-2-4-10(13)9-17-14(18)12-8-11(15)6-7-16-12/h2-8H,9H2,1H3,(H,17,18). The summed E-state index contributed by atoms with van der Waals surface area (Å²) in [6.07, 6.45) is 1.50. The fourth-order valence-electron chi connectivity index (χ4n) is 1.64. The van der Waals surface area contributed by atoms with E-state index in [1.165, 1.54) is 12.3 Å². The van der Waals surface area contributed by atoms with Gasteiger partial charge in [-0.25, -0.2) is 0 Å². The van der Waals surface area contributed by atoms with Crippen LogP contribution in [0, 0.1) is 0 Å². The Morgan fingerprint density at radius 3 is 2.89 bits per heavy atom. The van der Waals surface area contributed by atoms with Crippen LogP contribution >= 0.6 is 11.6 Å². The molecule has 0 unspecified atom stereocenters. The number of para-hydroxylation sites is 1. The molecular weight excluding hydrogens is 264 g/mol. The first-order valence-electron chi connectivity index (χ1n) is 5.72. The lowest BCUT2D eigenvalue weighted by atomic mass is 10.2. The number of methoxy groups -OCH3 is 1. The highest BCUT2D eigenvalue weighted by molar-refractivity contribution is 6.30. The first-order valence-corrected chi connectivity index (χ1v) is 6.10. The van der Waals surface area contributed by atoms with Gasteiger partial charge in [0.2, 0.25) is 0 Å². The van der Waals surface area contributed by atoms with Gasteiger partial charge in [0.15, 0.2) is 0 Å². The molecule has 0 atom stereocenters. The molecule has 4 nitrogen and oxygen atoms in total. The summed E-state index contributed by atoms with van der Waals surface area (Å²) in [6.45, 7) is 0.372. The molecule has 1 amide bonds. The van der Waals surface area contributed by atoms with Gasteiger partial charge in [-0.2, -0.15) is 0 Å². The van der Waals surface area contributed by atoms with Crippen LogP contribution in [-0.2, 0) is 6.54 Å². The van der Waals surface area contributed by atoms with Crippen LogP contribution in [0.25, 0.3) is 0 Å². The number of benzene rings is 1. The first kappa shape index (κ1) is 13.4. The maximum Gasteiger partial charge on any atom is 0.270 e. The van der Waals surface area contributed by atoms with Crippen LogP contribution in [0.15, 0.2) is 42.6 Å². The Labute approximate surface area is 116 Å². The van der Waals surface area contributed by atoms with Crippen molar-refractivity contribution in [1.29, 1.82) is 0 Å². The van der Waals surface area contributed by atoms with Crippen molar-refractivity contribution < 1.29 is 9.53 Å². The third kappa shape index (κ3) is 3.45. The van der Waals surface area contributed by atoms with Crippen molar-refractivity contribution >= 4 is 17.5 Å². The van der Waals surface area contributed by atoms with Crippen molar-refractivity contribution in [2.75, 3.05) is 7.11 Å². The maximum absolute atomic E-state index is 11.9. The lowest BCUT2D eigenvalue weighted by molar-refractivity contribution is 0.0945. The van der Waals surface area contributed by atoms with Crippen molar-refractivity contribution in [1.82, 2.24) is 10.3 Å². The Morgan fingerprint density at radius 2 is 2.16 bits per heavy atom. The largest absolute Gasteiger partial charge is 0.496 e. The zero-order valence-electron chi connectivity index (χ0n) is 10.4. The highest BCUT2D eigenvalue weighted by Gasteiger charge is 2.08. The van der Waals surface area contributed by atoms with E-state index in [1.807, 2.05) is 24.3 Å².